The minimum atomic E-state index is -0.630. The van der Waals surface area contributed by atoms with Gasteiger partial charge in [-0.15, -0.1) is 0 Å². The van der Waals surface area contributed by atoms with Crippen LogP contribution >= 0.6 is 0 Å². The number of nitro benzene ring substituents is 1. The Labute approximate surface area is 114 Å². The lowest BCUT2D eigenvalue weighted by molar-refractivity contribution is -0.384. The van der Waals surface area contributed by atoms with Crippen LogP contribution in [-0.2, 0) is 0 Å². The Hall–Kier alpha value is -2.96. The van der Waals surface area contributed by atoms with Gasteiger partial charge in [-0.05, 0) is 25.1 Å². The van der Waals surface area contributed by atoms with Crippen LogP contribution in [0.4, 0.5) is 11.4 Å². The van der Waals surface area contributed by atoms with E-state index >= 15 is 0 Å². The van der Waals surface area contributed by atoms with Crippen molar-refractivity contribution in [2.75, 3.05) is 5.32 Å². The van der Waals surface area contributed by atoms with E-state index < -0.39 is 10.8 Å². The monoisotopic (exact) mass is 273 g/mol. The number of nitrogens with one attached hydrogen (secondary N) is 1. The van der Waals surface area contributed by atoms with Crippen LogP contribution in [0.5, 0.6) is 5.75 Å². The number of aryl methyl sites for hydroxylation is 1. The first-order valence-corrected chi connectivity index (χ1v) is 5.69. The number of aromatic nitrogens is 1. The van der Waals surface area contributed by atoms with Gasteiger partial charge in [-0.2, -0.15) is 0 Å². The molecule has 0 spiro atoms. The molecule has 1 amide bonds. The number of rotatable bonds is 3. The average Bonchev–Trinajstić information content (AvgIpc) is 2.41. The fourth-order valence-corrected chi connectivity index (χ4v) is 1.54. The molecule has 7 heteroatoms. The molecule has 2 rings (SSSR count). The van der Waals surface area contributed by atoms with Crippen molar-refractivity contribution in [2.45, 2.75) is 6.92 Å². The highest BCUT2D eigenvalue weighted by Gasteiger charge is 2.13. The van der Waals surface area contributed by atoms with Gasteiger partial charge < -0.3 is 10.4 Å². The molecule has 1 heterocycles. The van der Waals surface area contributed by atoms with Crippen LogP contribution in [0.15, 0.2) is 36.5 Å². The molecular formula is C13H11N3O4. The summed E-state index contributed by atoms with van der Waals surface area (Å²) in [5.74, 6) is -0.825. The van der Waals surface area contributed by atoms with Gasteiger partial charge in [0.15, 0.2) is 0 Å². The number of phenols is 1. The number of benzene rings is 1. The first-order valence-electron chi connectivity index (χ1n) is 5.69. The fourth-order valence-electron chi connectivity index (χ4n) is 1.54. The minimum Gasteiger partial charge on any atom is -0.506 e. The van der Waals surface area contributed by atoms with Crippen molar-refractivity contribution in [2.24, 2.45) is 0 Å². The Morgan fingerprint density at radius 1 is 1.35 bits per heavy atom. The van der Waals surface area contributed by atoms with E-state index in [9.17, 15) is 20.0 Å². The van der Waals surface area contributed by atoms with Crippen molar-refractivity contribution in [3.05, 3.63) is 57.9 Å². The summed E-state index contributed by atoms with van der Waals surface area (Å²) in [5, 5.41) is 22.6. The lowest BCUT2D eigenvalue weighted by atomic mass is 10.2. The molecule has 2 aromatic rings. The largest absolute Gasteiger partial charge is 0.506 e. The standard InChI is InChI=1S/C13H11N3O4/c1-8-2-3-9(7-14-8)13(18)15-11-5-4-10(16(19)20)6-12(11)17/h2-7,17H,1H3,(H,15,18). The lowest BCUT2D eigenvalue weighted by Gasteiger charge is -2.07. The average molecular weight is 273 g/mol. The number of aromatic hydroxyl groups is 1. The summed E-state index contributed by atoms with van der Waals surface area (Å²) in [5.41, 5.74) is 0.951. The number of carbonyl (C=O) groups is 1. The number of carbonyl (C=O) groups excluding carboxylic acids is 1. The van der Waals surface area contributed by atoms with E-state index in [1.54, 1.807) is 19.1 Å². The smallest absolute Gasteiger partial charge is 0.273 e. The van der Waals surface area contributed by atoms with Crippen LogP contribution in [0.3, 0.4) is 0 Å². The fraction of sp³-hybridized carbons (Fsp3) is 0.0769. The Bertz CT molecular complexity index is 668. The third-order valence-electron chi connectivity index (χ3n) is 2.61. The first kappa shape index (κ1) is 13.5. The van der Waals surface area contributed by atoms with E-state index in [0.717, 1.165) is 11.8 Å². The zero-order valence-corrected chi connectivity index (χ0v) is 10.5. The number of nitrogens with zero attached hydrogens (tertiary/aromatic N) is 2. The number of anilines is 1. The summed E-state index contributed by atoms with van der Waals surface area (Å²) in [4.78, 5) is 25.8. The van der Waals surface area contributed by atoms with Crippen molar-refractivity contribution in [1.29, 1.82) is 0 Å². The zero-order valence-electron chi connectivity index (χ0n) is 10.5. The van der Waals surface area contributed by atoms with Gasteiger partial charge in [0, 0.05) is 18.0 Å². The van der Waals surface area contributed by atoms with E-state index in [0.29, 0.717) is 5.56 Å². The second kappa shape index (κ2) is 5.35. The summed E-state index contributed by atoms with van der Waals surface area (Å²) in [7, 11) is 0. The molecule has 0 saturated carbocycles. The van der Waals surface area contributed by atoms with Gasteiger partial charge in [-0.1, -0.05) is 0 Å². The predicted molar refractivity (Wildman–Crippen MR) is 71.7 cm³/mol. The number of amides is 1. The third-order valence-corrected chi connectivity index (χ3v) is 2.61. The van der Waals surface area contributed by atoms with Crippen molar-refractivity contribution in [1.82, 2.24) is 4.98 Å². The summed E-state index contributed by atoms with van der Waals surface area (Å²) < 4.78 is 0. The summed E-state index contributed by atoms with van der Waals surface area (Å²) in [6.45, 7) is 1.80. The molecule has 102 valence electrons. The maximum atomic E-state index is 11.9. The van der Waals surface area contributed by atoms with E-state index in [1.165, 1.54) is 18.3 Å². The number of hydrogen-bond acceptors (Lipinski definition) is 5. The lowest BCUT2D eigenvalue weighted by Crippen LogP contribution is -2.12. The van der Waals surface area contributed by atoms with Gasteiger partial charge in [0.25, 0.3) is 11.6 Å². The van der Waals surface area contributed by atoms with Crippen LogP contribution in [0.1, 0.15) is 16.1 Å². The van der Waals surface area contributed by atoms with Crippen LogP contribution in [0.2, 0.25) is 0 Å². The molecule has 1 aromatic carbocycles. The zero-order chi connectivity index (χ0) is 14.7. The molecule has 0 fully saturated rings. The van der Waals surface area contributed by atoms with Crippen LogP contribution in [0.25, 0.3) is 0 Å². The number of hydrogen-bond donors (Lipinski definition) is 2. The van der Waals surface area contributed by atoms with Crippen molar-refractivity contribution >= 4 is 17.3 Å². The maximum absolute atomic E-state index is 11.9. The highest BCUT2D eigenvalue weighted by molar-refractivity contribution is 6.04. The molecule has 2 N–H and O–H groups in total. The van der Waals surface area contributed by atoms with Gasteiger partial charge >= 0.3 is 0 Å². The van der Waals surface area contributed by atoms with Gasteiger partial charge in [0.05, 0.1) is 22.2 Å². The van der Waals surface area contributed by atoms with E-state index in [-0.39, 0.29) is 17.1 Å². The van der Waals surface area contributed by atoms with Crippen molar-refractivity contribution in [3.63, 3.8) is 0 Å². The summed E-state index contributed by atoms with van der Waals surface area (Å²) in [6, 6.07) is 6.73. The molecule has 20 heavy (non-hydrogen) atoms. The molecule has 0 unspecified atom stereocenters. The van der Waals surface area contributed by atoms with Gasteiger partial charge in [-0.3, -0.25) is 19.9 Å². The Balaban J connectivity index is 2.19. The Morgan fingerprint density at radius 3 is 2.65 bits per heavy atom. The Kier molecular flexibility index (Phi) is 3.60. The number of non-ortho nitro benzene ring substituents is 1. The molecule has 1 aromatic heterocycles. The quantitative estimate of drug-likeness (QED) is 0.507. The normalized spacial score (nSPS) is 10.1. The molecule has 0 bridgehead atoms. The summed E-state index contributed by atoms with van der Waals surface area (Å²) >= 11 is 0. The number of nitro groups is 1. The van der Waals surface area contributed by atoms with E-state index in [4.69, 9.17) is 0 Å². The molecule has 0 atom stereocenters. The van der Waals surface area contributed by atoms with Crippen LogP contribution in [-0.4, -0.2) is 20.9 Å². The molecule has 0 aliphatic heterocycles. The SMILES string of the molecule is Cc1ccc(C(=O)Nc2ccc([N+](=O)[O-])cc2O)cn1. The van der Waals surface area contributed by atoms with Crippen molar-refractivity contribution in [3.8, 4) is 5.75 Å². The first-order chi connectivity index (χ1) is 9.47. The van der Waals surface area contributed by atoms with Crippen LogP contribution < -0.4 is 5.32 Å². The minimum absolute atomic E-state index is 0.0983. The maximum Gasteiger partial charge on any atom is 0.273 e. The molecular weight excluding hydrogens is 262 g/mol. The third kappa shape index (κ3) is 2.89. The Morgan fingerprint density at radius 2 is 2.10 bits per heavy atom. The molecule has 0 radical (unpaired) electrons. The van der Waals surface area contributed by atoms with Crippen molar-refractivity contribution < 1.29 is 14.8 Å². The van der Waals surface area contributed by atoms with Gasteiger partial charge in [-0.25, -0.2) is 0 Å². The second-order valence-electron chi connectivity index (χ2n) is 4.10. The van der Waals surface area contributed by atoms with Crippen LogP contribution in [0, 0.1) is 17.0 Å². The second-order valence-corrected chi connectivity index (χ2v) is 4.10. The predicted octanol–water partition coefficient (Wildman–Crippen LogP) is 2.26. The topological polar surface area (TPSA) is 105 Å². The van der Waals surface area contributed by atoms with Gasteiger partial charge in [0.2, 0.25) is 0 Å². The highest BCUT2D eigenvalue weighted by Crippen LogP contribution is 2.28. The summed E-state index contributed by atoms with van der Waals surface area (Å²) in [6.07, 6.45) is 1.41. The molecule has 7 nitrogen and oxygen atoms in total. The number of pyridine rings is 1. The van der Waals surface area contributed by atoms with E-state index in [1.807, 2.05) is 0 Å². The van der Waals surface area contributed by atoms with Gasteiger partial charge in [0.1, 0.15) is 5.75 Å². The molecule has 0 aliphatic rings. The number of phenolic OH excluding ortho intramolecular Hbond substituents is 1. The molecule has 0 aliphatic carbocycles. The van der Waals surface area contributed by atoms with E-state index in [2.05, 4.69) is 10.3 Å². The molecule has 0 saturated heterocycles. The highest BCUT2D eigenvalue weighted by atomic mass is 16.6.